The van der Waals surface area contributed by atoms with Gasteiger partial charge in [-0.1, -0.05) is 36.9 Å². The van der Waals surface area contributed by atoms with Crippen molar-refractivity contribution in [1.82, 2.24) is 0 Å². The van der Waals surface area contributed by atoms with E-state index in [0.29, 0.717) is 5.02 Å². The number of aryl methyl sites for hydroxylation is 2. The third-order valence-corrected chi connectivity index (χ3v) is 7.79. The fraction of sp³-hybridized carbons (Fsp3) is 0.207. The Bertz CT molecular complexity index is 1370. The monoisotopic (exact) mass is 521 g/mol. The van der Waals surface area contributed by atoms with Gasteiger partial charge in [0.2, 0.25) is 0 Å². The maximum atomic E-state index is 6.70. The van der Waals surface area contributed by atoms with E-state index < -0.39 is 4.33 Å². The van der Waals surface area contributed by atoms with Gasteiger partial charge in [-0.2, -0.15) is 0 Å². The molecule has 2 unspecified atom stereocenters. The lowest BCUT2D eigenvalue weighted by Gasteiger charge is -2.16. The predicted octanol–water partition coefficient (Wildman–Crippen LogP) is 8.81. The number of anilines is 2. The molecule has 6 heteroatoms. The Morgan fingerprint density at radius 2 is 1.71 bits per heavy atom. The molecule has 3 nitrogen and oxygen atoms in total. The SMILES string of the molecule is C=C(Nc1ccc2c(c1)CC=N2)c1cc(NC(=C)C2C(c3cc(C)cc(Cl)c3)C2(Cl)Cl)ccc1C. The number of nitrogens with one attached hydrogen (secondary N) is 2. The van der Waals surface area contributed by atoms with Crippen LogP contribution in [0.25, 0.3) is 5.70 Å². The van der Waals surface area contributed by atoms with Crippen LogP contribution < -0.4 is 10.6 Å². The van der Waals surface area contributed by atoms with Crippen molar-refractivity contribution >= 4 is 63.8 Å². The number of halogens is 3. The van der Waals surface area contributed by atoms with Crippen molar-refractivity contribution in [3.05, 3.63) is 106 Å². The Morgan fingerprint density at radius 1 is 0.971 bits per heavy atom. The highest BCUT2D eigenvalue weighted by Crippen LogP contribution is 2.67. The molecule has 0 radical (unpaired) electrons. The van der Waals surface area contributed by atoms with Gasteiger partial charge in [0.1, 0.15) is 4.33 Å². The lowest BCUT2D eigenvalue weighted by molar-refractivity contribution is 0.946. The van der Waals surface area contributed by atoms with Crippen LogP contribution in [0, 0.1) is 19.8 Å². The topological polar surface area (TPSA) is 36.4 Å². The molecule has 0 aromatic heterocycles. The first-order valence-corrected chi connectivity index (χ1v) is 12.6. The lowest BCUT2D eigenvalue weighted by atomic mass is 10.0. The van der Waals surface area contributed by atoms with Crippen molar-refractivity contribution in [2.75, 3.05) is 10.6 Å². The summed E-state index contributed by atoms with van der Waals surface area (Å²) in [6.45, 7) is 12.6. The summed E-state index contributed by atoms with van der Waals surface area (Å²) in [4.78, 5) is 4.38. The average Bonchev–Trinajstić information content (AvgIpc) is 3.11. The number of alkyl halides is 2. The van der Waals surface area contributed by atoms with Crippen LogP contribution in [0.4, 0.5) is 17.1 Å². The Morgan fingerprint density at radius 3 is 2.49 bits per heavy atom. The molecule has 1 aliphatic heterocycles. The molecule has 1 fully saturated rings. The van der Waals surface area contributed by atoms with Gasteiger partial charge in [0.15, 0.2) is 0 Å². The number of benzene rings is 3. The van der Waals surface area contributed by atoms with Crippen LogP contribution in [0.2, 0.25) is 5.02 Å². The molecule has 2 atom stereocenters. The number of nitrogens with zero attached hydrogens (tertiary/aromatic N) is 1. The highest BCUT2D eigenvalue weighted by atomic mass is 35.5. The van der Waals surface area contributed by atoms with Crippen molar-refractivity contribution in [1.29, 1.82) is 0 Å². The molecule has 178 valence electrons. The third-order valence-electron chi connectivity index (χ3n) is 6.64. The van der Waals surface area contributed by atoms with Gasteiger partial charge < -0.3 is 10.6 Å². The highest BCUT2D eigenvalue weighted by Gasteiger charge is 2.65. The third kappa shape index (κ3) is 4.73. The summed E-state index contributed by atoms with van der Waals surface area (Å²) < 4.78 is -0.933. The molecule has 0 bridgehead atoms. The first-order valence-electron chi connectivity index (χ1n) is 11.5. The summed E-state index contributed by atoms with van der Waals surface area (Å²) in [6, 6.07) is 18.3. The van der Waals surface area contributed by atoms with Gasteiger partial charge in [-0.05, 0) is 78.6 Å². The summed E-state index contributed by atoms with van der Waals surface area (Å²) in [5.41, 5.74) is 9.95. The van der Waals surface area contributed by atoms with Crippen molar-refractivity contribution in [2.24, 2.45) is 10.9 Å². The standard InChI is InChI=1S/C29H26Cl3N3/c1-16-11-21(13-22(30)12-16)28-27(29(28,31)32)19(4)35-24-6-5-17(2)25(15-24)18(3)34-23-7-8-26-20(14-23)9-10-33-26/h5-8,10-15,27-28,34-35H,3-4,9H2,1-2H3. The normalized spacial score (nSPS) is 19.2. The maximum Gasteiger partial charge on any atom is 0.134 e. The number of allylic oxidation sites excluding steroid dienone is 1. The molecule has 1 heterocycles. The fourth-order valence-corrected chi connectivity index (χ4v) is 6.04. The molecule has 1 saturated carbocycles. The van der Waals surface area contributed by atoms with Gasteiger partial charge in [0.25, 0.3) is 0 Å². The van der Waals surface area contributed by atoms with E-state index in [1.54, 1.807) is 0 Å². The molecule has 35 heavy (non-hydrogen) atoms. The van der Waals surface area contributed by atoms with Gasteiger partial charge in [-0.3, -0.25) is 4.99 Å². The van der Waals surface area contributed by atoms with Crippen LogP contribution in [0.1, 0.15) is 33.7 Å². The molecular weight excluding hydrogens is 497 g/mol. The van der Waals surface area contributed by atoms with Crippen LogP contribution in [0.5, 0.6) is 0 Å². The van der Waals surface area contributed by atoms with Crippen LogP contribution >= 0.6 is 34.8 Å². The van der Waals surface area contributed by atoms with E-state index in [2.05, 4.69) is 60.0 Å². The van der Waals surface area contributed by atoms with E-state index in [1.165, 1.54) is 5.56 Å². The number of hydrogen-bond donors (Lipinski definition) is 2. The Hall–Kier alpha value is -2.72. The van der Waals surface area contributed by atoms with Gasteiger partial charge in [-0.15, -0.1) is 23.2 Å². The smallest absolute Gasteiger partial charge is 0.134 e. The van der Waals surface area contributed by atoms with E-state index in [9.17, 15) is 0 Å². The molecule has 0 spiro atoms. The van der Waals surface area contributed by atoms with E-state index in [0.717, 1.165) is 57.1 Å². The second kappa shape index (κ2) is 9.05. The molecule has 3 aromatic carbocycles. The summed E-state index contributed by atoms with van der Waals surface area (Å²) in [5.74, 6) is -0.211. The lowest BCUT2D eigenvalue weighted by Crippen LogP contribution is -2.06. The molecule has 3 aromatic rings. The van der Waals surface area contributed by atoms with E-state index in [-0.39, 0.29) is 11.8 Å². The second-order valence-electron chi connectivity index (χ2n) is 9.33. The average molecular weight is 523 g/mol. The van der Waals surface area contributed by atoms with Crippen molar-refractivity contribution in [2.45, 2.75) is 30.5 Å². The molecule has 2 N–H and O–H groups in total. The largest absolute Gasteiger partial charge is 0.359 e. The first kappa shape index (κ1) is 24.0. The van der Waals surface area contributed by atoms with Crippen LogP contribution in [-0.2, 0) is 6.42 Å². The molecule has 5 rings (SSSR count). The Kier molecular flexibility index (Phi) is 6.21. The molecule has 1 aliphatic carbocycles. The van der Waals surface area contributed by atoms with Gasteiger partial charge >= 0.3 is 0 Å². The van der Waals surface area contributed by atoms with Crippen molar-refractivity contribution < 1.29 is 0 Å². The van der Waals surface area contributed by atoms with E-state index in [1.807, 2.05) is 43.5 Å². The maximum absolute atomic E-state index is 6.70. The first-order chi connectivity index (χ1) is 16.6. The quantitative estimate of drug-likeness (QED) is 0.304. The number of hydrogen-bond acceptors (Lipinski definition) is 3. The highest BCUT2D eigenvalue weighted by molar-refractivity contribution is 6.52. The number of fused-ring (bicyclic) bond motifs is 1. The van der Waals surface area contributed by atoms with Gasteiger partial charge in [-0.25, -0.2) is 0 Å². The van der Waals surface area contributed by atoms with Gasteiger partial charge in [0.05, 0.1) is 5.69 Å². The number of rotatable bonds is 7. The molecule has 0 saturated heterocycles. The zero-order chi connectivity index (χ0) is 24.9. The second-order valence-corrected chi connectivity index (χ2v) is 11.2. The fourth-order valence-electron chi connectivity index (χ4n) is 4.84. The van der Waals surface area contributed by atoms with E-state index in [4.69, 9.17) is 34.8 Å². The Balaban J connectivity index is 1.31. The zero-order valence-electron chi connectivity index (χ0n) is 19.6. The van der Waals surface area contributed by atoms with E-state index >= 15 is 0 Å². The summed E-state index contributed by atoms with van der Waals surface area (Å²) >= 11 is 19.7. The summed E-state index contributed by atoms with van der Waals surface area (Å²) in [5, 5.41) is 7.55. The minimum atomic E-state index is -0.933. The van der Waals surface area contributed by atoms with Crippen molar-refractivity contribution in [3.63, 3.8) is 0 Å². The predicted molar refractivity (Wildman–Crippen MR) is 152 cm³/mol. The molecular formula is C29H26Cl3N3. The van der Waals surface area contributed by atoms with Crippen LogP contribution in [-0.4, -0.2) is 10.5 Å². The summed E-state index contributed by atoms with van der Waals surface area (Å²) in [7, 11) is 0. The minimum absolute atomic E-state index is 0.0754. The van der Waals surface area contributed by atoms with Crippen molar-refractivity contribution in [3.8, 4) is 0 Å². The molecule has 0 amide bonds. The minimum Gasteiger partial charge on any atom is -0.359 e. The molecule has 2 aliphatic rings. The van der Waals surface area contributed by atoms with Crippen LogP contribution in [0.15, 0.2) is 78.4 Å². The van der Waals surface area contributed by atoms with Crippen LogP contribution in [0.3, 0.4) is 0 Å². The number of aliphatic imine (C=N–C) groups is 1. The summed E-state index contributed by atoms with van der Waals surface area (Å²) in [6.07, 6.45) is 2.79. The van der Waals surface area contributed by atoms with Gasteiger partial charge in [0, 0.05) is 57.8 Å². The zero-order valence-corrected chi connectivity index (χ0v) is 21.9. The Labute approximate surface area is 221 Å².